The monoisotopic (exact) mass is 320 g/mol. The Morgan fingerprint density at radius 1 is 1.08 bits per heavy atom. The summed E-state index contributed by atoms with van der Waals surface area (Å²) in [6, 6.07) is 15.8. The van der Waals surface area contributed by atoms with Crippen molar-refractivity contribution in [2.24, 2.45) is 0 Å². The highest BCUT2D eigenvalue weighted by Crippen LogP contribution is 2.22. The SMILES string of the molecule is COc1ccc2cc(CN(C)C(=O)c3ccc(C)nc3)ccc2c1. The van der Waals surface area contributed by atoms with Gasteiger partial charge in [0.05, 0.1) is 12.7 Å². The zero-order valence-corrected chi connectivity index (χ0v) is 14.1. The Hall–Kier alpha value is -2.88. The third-order valence-corrected chi connectivity index (χ3v) is 4.04. The summed E-state index contributed by atoms with van der Waals surface area (Å²) in [5.41, 5.74) is 2.59. The summed E-state index contributed by atoms with van der Waals surface area (Å²) in [5, 5.41) is 2.25. The van der Waals surface area contributed by atoms with Gasteiger partial charge >= 0.3 is 0 Å². The number of aryl methyl sites for hydroxylation is 1. The van der Waals surface area contributed by atoms with Gasteiger partial charge in [-0.15, -0.1) is 0 Å². The molecule has 2 aromatic carbocycles. The number of hydrogen-bond acceptors (Lipinski definition) is 3. The van der Waals surface area contributed by atoms with E-state index in [1.165, 1.54) is 0 Å². The number of rotatable bonds is 4. The molecule has 4 heteroatoms. The van der Waals surface area contributed by atoms with Crippen LogP contribution in [0.1, 0.15) is 21.6 Å². The Balaban J connectivity index is 1.78. The standard InChI is InChI=1S/C20H20N2O2/c1-14-4-6-18(12-21-14)20(23)22(2)13-15-5-7-17-11-19(24-3)9-8-16(17)10-15/h4-12H,13H2,1-3H3. The number of hydrogen-bond donors (Lipinski definition) is 0. The molecule has 0 saturated heterocycles. The maximum absolute atomic E-state index is 12.5. The summed E-state index contributed by atoms with van der Waals surface area (Å²) in [6.45, 7) is 2.46. The molecule has 0 bridgehead atoms. The highest BCUT2D eigenvalue weighted by molar-refractivity contribution is 5.93. The van der Waals surface area contributed by atoms with E-state index < -0.39 is 0 Å². The van der Waals surface area contributed by atoms with Crippen molar-refractivity contribution in [1.82, 2.24) is 9.88 Å². The summed E-state index contributed by atoms with van der Waals surface area (Å²) >= 11 is 0. The van der Waals surface area contributed by atoms with Crippen molar-refractivity contribution in [3.63, 3.8) is 0 Å². The molecule has 0 aliphatic heterocycles. The summed E-state index contributed by atoms with van der Waals surface area (Å²) in [4.78, 5) is 18.4. The number of nitrogens with zero attached hydrogens (tertiary/aromatic N) is 2. The van der Waals surface area contributed by atoms with Gasteiger partial charge in [0.2, 0.25) is 0 Å². The lowest BCUT2D eigenvalue weighted by Crippen LogP contribution is -2.26. The lowest BCUT2D eigenvalue weighted by atomic mass is 10.1. The smallest absolute Gasteiger partial charge is 0.255 e. The molecule has 122 valence electrons. The van der Waals surface area contributed by atoms with Crippen LogP contribution in [0.5, 0.6) is 5.75 Å². The molecule has 0 radical (unpaired) electrons. The Morgan fingerprint density at radius 3 is 2.54 bits per heavy atom. The number of methoxy groups -OCH3 is 1. The fourth-order valence-corrected chi connectivity index (χ4v) is 2.66. The van der Waals surface area contributed by atoms with Crippen molar-refractivity contribution in [3.8, 4) is 5.75 Å². The fraction of sp³-hybridized carbons (Fsp3) is 0.200. The quantitative estimate of drug-likeness (QED) is 0.734. The lowest BCUT2D eigenvalue weighted by Gasteiger charge is -2.17. The highest BCUT2D eigenvalue weighted by Gasteiger charge is 2.12. The largest absolute Gasteiger partial charge is 0.497 e. The van der Waals surface area contributed by atoms with Crippen LogP contribution in [0.3, 0.4) is 0 Å². The molecule has 3 rings (SSSR count). The van der Waals surface area contributed by atoms with E-state index in [9.17, 15) is 4.79 Å². The predicted molar refractivity (Wildman–Crippen MR) is 95.3 cm³/mol. The second-order valence-corrected chi connectivity index (χ2v) is 5.90. The van der Waals surface area contributed by atoms with E-state index in [-0.39, 0.29) is 5.91 Å². The number of benzene rings is 2. The lowest BCUT2D eigenvalue weighted by molar-refractivity contribution is 0.0784. The zero-order valence-electron chi connectivity index (χ0n) is 14.1. The minimum atomic E-state index is -0.0303. The van der Waals surface area contributed by atoms with Gasteiger partial charge in [-0.25, -0.2) is 0 Å². The molecule has 0 unspecified atom stereocenters. The predicted octanol–water partition coefficient (Wildman–Crippen LogP) is 3.82. The van der Waals surface area contributed by atoms with Crippen molar-refractivity contribution in [3.05, 3.63) is 71.5 Å². The third-order valence-electron chi connectivity index (χ3n) is 4.04. The van der Waals surface area contributed by atoms with E-state index >= 15 is 0 Å². The van der Waals surface area contributed by atoms with Crippen LogP contribution in [-0.4, -0.2) is 29.9 Å². The van der Waals surface area contributed by atoms with E-state index in [1.807, 2.05) is 43.3 Å². The van der Waals surface area contributed by atoms with Gasteiger partial charge in [-0.3, -0.25) is 9.78 Å². The Morgan fingerprint density at radius 2 is 1.83 bits per heavy atom. The molecule has 1 amide bonds. The number of carbonyl (C=O) groups is 1. The Labute approximate surface area is 141 Å². The van der Waals surface area contributed by atoms with E-state index in [0.29, 0.717) is 12.1 Å². The van der Waals surface area contributed by atoms with E-state index in [4.69, 9.17) is 4.74 Å². The van der Waals surface area contributed by atoms with E-state index in [0.717, 1.165) is 27.8 Å². The third kappa shape index (κ3) is 3.38. The molecule has 0 aliphatic rings. The zero-order chi connectivity index (χ0) is 17.1. The molecule has 24 heavy (non-hydrogen) atoms. The minimum absolute atomic E-state index is 0.0303. The van der Waals surface area contributed by atoms with Crippen molar-refractivity contribution < 1.29 is 9.53 Å². The summed E-state index contributed by atoms with van der Waals surface area (Å²) in [5.74, 6) is 0.812. The topological polar surface area (TPSA) is 42.4 Å². The van der Waals surface area contributed by atoms with E-state index in [2.05, 4.69) is 17.1 Å². The van der Waals surface area contributed by atoms with Crippen LogP contribution >= 0.6 is 0 Å². The van der Waals surface area contributed by atoms with Gasteiger partial charge in [0.1, 0.15) is 5.75 Å². The van der Waals surface area contributed by atoms with Crippen molar-refractivity contribution in [1.29, 1.82) is 0 Å². The molecule has 0 aliphatic carbocycles. The van der Waals surface area contributed by atoms with Gasteiger partial charge in [0.25, 0.3) is 5.91 Å². The molecule has 3 aromatic rings. The second kappa shape index (κ2) is 6.71. The number of aromatic nitrogens is 1. The molecule has 0 saturated carbocycles. The molecule has 1 aromatic heterocycles. The fourth-order valence-electron chi connectivity index (χ4n) is 2.66. The van der Waals surface area contributed by atoms with Crippen LogP contribution in [-0.2, 0) is 6.54 Å². The molecule has 0 N–H and O–H groups in total. The molecular formula is C20H20N2O2. The maximum atomic E-state index is 12.5. The van der Waals surface area contributed by atoms with E-state index in [1.54, 1.807) is 25.3 Å². The van der Waals surface area contributed by atoms with Crippen LogP contribution in [0.4, 0.5) is 0 Å². The average molecular weight is 320 g/mol. The second-order valence-electron chi connectivity index (χ2n) is 5.90. The first-order valence-electron chi connectivity index (χ1n) is 7.81. The van der Waals surface area contributed by atoms with Gasteiger partial charge in [0.15, 0.2) is 0 Å². The normalized spacial score (nSPS) is 10.6. The first-order chi connectivity index (χ1) is 11.6. The molecule has 0 spiro atoms. The number of fused-ring (bicyclic) bond motifs is 1. The molecule has 0 atom stereocenters. The van der Waals surface area contributed by atoms with Crippen LogP contribution in [0.15, 0.2) is 54.7 Å². The van der Waals surface area contributed by atoms with Crippen molar-refractivity contribution in [2.75, 3.05) is 14.2 Å². The van der Waals surface area contributed by atoms with Gasteiger partial charge < -0.3 is 9.64 Å². The minimum Gasteiger partial charge on any atom is -0.497 e. The van der Waals surface area contributed by atoms with Gasteiger partial charge in [-0.05, 0) is 53.6 Å². The maximum Gasteiger partial charge on any atom is 0.255 e. The molecule has 4 nitrogen and oxygen atoms in total. The van der Waals surface area contributed by atoms with Crippen LogP contribution in [0, 0.1) is 6.92 Å². The first-order valence-corrected chi connectivity index (χ1v) is 7.81. The Kier molecular flexibility index (Phi) is 4.47. The summed E-state index contributed by atoms with van der Waals surface area (Å²) in [7, 11) is 3.47. The summed E-state index contributed by atoms with van der Waals surface area (Å²) in [6.07, 6.45) is 1.63. The first kappa shape index (κ1) is 16.0. The van der Waals surface area contributed by atoms with Crippen LogP contribution < -0.4 is 4.74 Å². The average Bonchev–Trinajstić information content (AvgIpc) is 2.61. The Bertz CT molecular complexity index is 872. The molecule has 1 heterocycles. The number of pyridine rings is 1. The van der Waals surface area contributed by atoms with Crippen molar-refractivity contribution >= 4 is 16.7 Å². The van der Waals surface area contributed by atoms with Crippen molar-refractivity contribution in [2.45, 2.75) is 13.5 Å². The van der Waals surface area contributed by atoms with Gasteiger partial charge in [0, 0.05) is 25.5 Å². The number of amides is 1. The van der Waals surface area contributed by atoms with Crippen LogP contribution in [0.25, 0.3) is 10.8 Å². The van der Waals surface area contributed by atoms with Crippen LogP contribution in [0.2, 0.25) is 0 Å². The molecular weight excluding hydrogens is 300 g/mol. The number of ether oxygens (including phenoxy) is 1. The van der Waals surface area contributed by atoms with Gasteiger partial charge in [-0.2, -0.15) is 0 Å². The summed E-state index contributed by atoms with van der Waals surface area (Å²) < 4.78 is 5.25. The highest BCUT2D eigenvalue weighted by atomic mass is 16.5. The number of carbonyl (C=O) groups excluding carboxylic acids is 1. The van der Waals surface area contributed by atoms with Gasteiger partial charge in [-0.1, -0.05) is 18.2 Å². The molecule has 0 fully saturated rings.